The van der Waals surface area contributed by atoms with Gasteiger partial charge in [-0.2, -0.15) is 0 Å². The summed E-state index contributed by atoms with van der Waals surface area (Å²) in [6.45, 7) is 14.9. The van der Waals surface area contributed by atoms with Crippen LogP contribution in [0, 0.1) is 46.8 Å². The van der Waals surface area contributed by atoms with Gasteiger partial charge in [0.15, 0.2) is 11.6 Å². The molecule has 4 aliphatic rings. The van der Waals surface area contributed by atoms with Crippen molar-refractivity contribution in [1.29, 1.82) is 0 Å². The van der Waals surface area contributed by atoms with Crippen LogP contribution in [0.2, 0.25) is 0 Å². The number of piperidine rings is 1. The molecular weight excluding hydrogens is 598 g/mol. The van der Waals surface area contributed by atoms with E-state index in [-0.39, 0.29) is 72.1 Å². The van der Waals surface area contributed by atoms with Crippen molar-refractivity contribution >= 4 is 35.3 Å². The molecule has 3 aliphatic carbocycles. The average Bonchev–Trinajstić information content (AvgIpc) is 3.91. The molecule has 0 aromatic carbocycles. The van der Waals surface area contributed by atoms with E-state index in [1.54, 1.807) is 11.0 Å². The Hall–Kier alpha value is -3.04. The Labute approximate surface area is 280 Å². The molecule has 0 spiro atoms. The molecule has 1 heterocycles. The molecular formula is C37H57N3O7. The van der Waals surface area contributed by atoms with Crippen molar-refractivity contribution < 1.29 is 33.5 Å². The molecule has 3 saturated carbocycles. The zero-order chi connectivity index (χ0) is 34.5. The highest BCUT2D eigenvalue weighted by Gasteiger charge is 2.69. The van der Waals surface area contributed by atoms with E-state index in [0.29, 0.717) is 51.1 Å². The van der Waals surface area contributed by atoms with Gasteiger partial charge in [-0.1, -0.05) is 53.5 Å². The second-order valence-electron chi connectivity index (χ2n) is 15.6. The minimum Gasteiger partial charge on any atom is -0.449 e. The first kappa shape index (κ1) is 36.8. The number of hydrogen-bond acceptors (Lipinski definition) is 7. The van der Waals surface area contributed by atoms with Crippen LogP contribution in [0.4, 0.5) is 4.79 Å². The van der Waals surface area contributed by atoms with Crippen molar-refractivity contribution in [2.75, 3.05) is 19.7 Å². The summed E-state index contributed by atoms with van der Waals surface area (Å²) in [4.78, 5) is 82.2. The number of nitrogens with zero attached hydrogens (tertiary/aromatic N) is 1. The highest BCUT2D eigenvalue weighted by Crippen LogP contribution is 2.65. The minimum absolute atomic E-state index is 0.00155. The lowest BCUT2D eigenvalue weighted by atomic mass is 9.76. The molecule has 10 nitrogen and oxygen atoms in total. The Kier molecular flexibility index (Phi) is 12.5. The van der Waals surface area contributed by atoms with Gasteiger partial charge in [-0.15, -0.1) is 6.58 Å². The standard InChI is InChI=1S/C37H57N3O7/c1-7-9-14-28(41)33(43)25(11-8-2)18-29(42)32-30-27(37(30,5)6)20-40(32)35(45)31(39-36(46)47-21-22(3)4)24-12-10-13-26(17-24)34(44)38-19-23-15-16-23/h7,22-27,30-32H,1,8-21H2,2-6H3,(H,38,44)(H,39,46). The molecule has 1 saturated heterocycles. The SMILES string of the molecule is C=CCCC(=O)C(=O)C(CCC)CC(=O)C1C2C(CN1C(=O)C(NC(=O)OCC(C)C)C1CCCC(C(=O)NCC3CC3)C1)C2(C)C. The third-order valence-electron chi connectivity index (χ3n) is 11.0. The monoisotopic (exact) mass is 655 g/mol. The molecule has 0 aromatic rings. The zero-order valence-corrected chi connectivity index (χ0v) is 29.2. The van der Waals surface area contributed by atoms with Crippen molar-refractivity contribution in [3.63, 3.8) is 0 Å². The molecule has 4 fully saturated rings. The van der Waals surface area contributed by atoms with Gasteiger partial charge in [0.05, 0.1) is 12.6 Å². The molecule has 2 N–H and O–H groups in total. The van der Waals surface area contributed by atoms with E-state index in [4.69, 9.17) is 4.74 Å². The summed E-state index contributed by atoms with van der Waals surface area (Å²) in [5, 5.41) is 5.94. The van der Waals surface area contributed by atoms with Gasteiger partial charge in [0.1, 0.15) is 6.04 Å². The highest BCUT2D eigenvalue weighted by atomic mass is 16.5. The fraction of sp³-hybridized carbons (Fsp3) is 0.784. The van der Waals surface area contributed by atoms with Gasteiger partial charge >= 0.3 is 6.09 Å². The van der Waals surface area contributed by atoms with Crippen molar-refractivity contribution in [2.45, 2.75) is 117 Å². The summed E-state index contributed by atoms with van der Waals surface area (Å²) in [5.41, 5.74) is -0.143. The zero-order valence-electron chi connectivity index (χ0n) is 29.2. The van der Waals surface area contributed by atoms with Crippen LogP contribution in [0.1, 0.15) is 105 Å². The smallest absolute Gasteiger partial charge is 0.407 e. The van der Waals surface area contributed by atoms with Crippen molar-refractivity contribution in [2.24, 2.45) is 46.8 Å². The number of Topliss-reactive ketones (excluding diaryl/α,β-unsaturated/α-hetero) is 3. The van der Waals surface area contributed by atoms with Gasteiger partial charge in [-0.05, 0) is 80.0 Å². The van der Waals surface area contributed by atoms with Crippen LogP contribution < -0.4 is 10.6 Å². The summed E-state index contributed by atoms with van der Waals surface area (Å²) >= 11 is 0. The number of likely N-dealkylation sites (tertiary alicyclic amines) is 1. The van der Waals surface area contributed by atoms with Gasteiger partial charge < -0.3 is 20.3 Å². The van der Waals surface area contributed by atoms with E-state index in [1.165, 1.54) is 0 Å². The van der Waals surface area contributed by atoms with Crippen LogP contribution in [0.15, 0.2) is 12.7 Å². The molecule has 1 aliphatic heterocycles. The van der Waals surface area contributed by atoms with Crippen molar-refractivity contribution in [3.8, 4) is 0 Å². The Morgan fingerprint density at radius 3 is 2.43 bits per heavy atom. The number of carbonyl (C=O) groups is 6. The van der Waals surface area contributed by atoms with Crippen LogP contribution in [-0.4, -0.2) is 71.9 Å². The normalized spacial score (nSPS) is 27.3. The van der Waals surface area contributed by atoms with Gasteiger partial charge in [-0.25, -0.2) is 4.79 Å². The predicted molar refractivity (Wildman–Crippen MR) is 178 cm³/mol. The number of ketones is 3. The topological polar surface area (TPSA) is 139 Å². The molecule has 10 heteroatoms. The van der Waals surface area contributed by atoms with Crippen LogP contribution in [0.25, 0.3) is 0 Å². The number of amides is 3. The molecule has 7 unspecified atom stereocenters. The van der Waals surface area contributed by atoms with Crippen molar-refractivity contribution in [3.05, 3.63) is 12.7 Å². The fourth-order valence-electron chi connectivity index (χ4n) is 7.96. The number of alkyl carbamates (subject to hydrolysis) is 1. The maximum Gasteiger partial charge on any atom is 0.407 e. The summed E-state index contributed by atoms with van der Waals surface area (Å²) < 4.78 is 5.43. The number of rotatable bonds is 18. The lowest BCUT2D eigenvalue weighted by molar-refractivity contribution is -0.144. The van der Waals surface area contributed by atoms with Crippen LogP contribution in [0.3, 0.4) is 0 Å². The molecule has 0 bridgehead atoms. The number of ether oxygens (including phenoxy) is 1. The summed E-state index contributed by atoms with van der Waals surface area (Å²) in [6.07, 6.45) is 7.24. The van der Waals surface area contributed by atoms with Crippen molar-refractivity contribution in [1.82, 2.24) is 15.5 Å². The maximum atomic E-state index is 14.6. The Morgan fingerprint density at radius 2 is 1.79 bits per heavy atom. The Morgan fingerprint density at radius 1 is 1.06 bits per heavy atom. The Balaban J connectivity index is 1.54. The van der Waals surface area contributed by atoms with Crippen LogP contribution >= 0.6 is 0 Å². The minimum atomic E-state index is -0.946. The molecule has 0 aromatic heterocycles. The molecule has 3 amide bonds. The lowest BCUT2D eigenvalue weighted by Crippen LogP contribution is -2.57. The first-order valence-electron chi connectivity index (χ1n) is 18.0. The second kappa shape index (κ2) is 15.9. The largest absolute Gasteiger partial charge is 0.449 e. The number of hydrogen-bond donors (Lipinski definition) is 2. The van der Waals surface area contributed by atoms with Gasteiger partial charge in [-0.3, -0.25) is 24.0 Å². The molecule has 7 atom stereocenters. The molecule has 47 heavy (non-hydrogen) atoms. The summed E-state index contributed by atoms with van der Waals surface area (Å²) in [5.74, 6) is -2.09. The van der Waals surface area contributed by atoms with Gasteiger partial charge in [0, 0.05) is 37.8 Å². The predicted octanol–water partition coefficient (Wildman–Crippen LogP) is 5.03. The van der Waals surface area contributed by atoms with E-state index in [9.17, 15) is 28.8 Å². The van der Waals surface area contributed by atoms with Crippen LogP contribution in [-0.2, 0) is 28.7 Å². The number of carbonyl (C=O) groups excluding carboxylic acids is 6. The van der Waals surface area contributed by atoms with E-state index in [1.807, 2.05) is 20.8 Å². The van der Waals surface area contributed by atoms with E-state index in [0.717, 1.165) is 25.7 Å². The van der Waals surface area contributed by atoms with E-state index < -0.39 is 35.7 Å². The average molecular weight is 656 g/mol. The number of nitrogens with one attached hydrogen (secondary N) is 2. The summed E-state index contributed by atoms with van der Waals surface area (Å²) in [7, 11) is 0. The number of allylic oxidation sites excluding steroid dienone is 1. The third-order valence-corrected chi connectivity index (χ3v) is 11.0. The number of fused-ring (bicyclic) bond motifs is 1. The fourth-order valence-corrected chi connectivity index (χ4v) is 7.96. The van der Waals surface area contributed by atoms with Gasteiger partial charge in [0.25, 0.3) is 0 Å². The first-order chi connectivity index (χ1) is 22.3. The maximum absolute atomic E-state index is 14.6. The van der Waals surface area contributed by atoms with E-state index >= 15 is 0 Å². The lowest BCUT2D eigenvalue weighted by Gasteiger charge is -2.38. The Bertz CT molecular complexity index is 1210. The third kappa shape index (κ3) is 9.11. The summed E-state index contributed by atoms with van der Waals surface area (Å²) in [6, 6.07) is -1.69. The quantitative estimate of drug-likeness (QED) is 0.156. The first-order valence-corrected chi connectivity index (χ1v) is 18.0. The highest BCUT2D eigenvalue weighted by molar-refractivity contribution is 6.38. The van der Waals surface area contributed by atoms with Gasteiger partial charge in [0.2, 0.25) is 17.6 Å². The molecule has 262 valence electrons. The van der Waals surface area contributed by atoms with E-state index in [2.05, 4.69) is 31.1 Å². The van der Waals surface area contributed by atoms with Crippen LogP contribution in [0.5, 0.6) is 0 Å². The molecule has 0 radical (unpaired) electrons. The second-order valence-corrected chi connectivity index (χ2v) is 15.6. The molecule has 4 rings (SSSR count).